The summed E-state index contributed by atoms with van der Waals surface area (Å²) in [7, 11) is 0. The summed E-state index contributed by atoms with van der Waals surface area (Å²) < 4.78 is 11.4. The molecule has 2 heterocycles. The minimum Gasteiger partial charge on any atom is -0.490 e. The van der Waals surface area contributed by atoms with Gasteiger partial charge in [-0.1, -0.05) is 32.0 Å². The molecule has 6 heteroatoms. The fourth-order valence-corrected chi connectivity index (χ4v) is 2.83. The average Bonchev–Trinajstić information content (AvgIpc) is 3.06. The molecule has 132 valence electrons. The molecule has 2 aromatic rings. The van der Waals surface area contributed by atoms with Crippen LogP contribution in [0, 0.1) is 11.3 Å². The van der Waals surface area contributed by atoms with E-state index in [1.165, 1.54) is 0 Å². The third kappa shape index (κ3) is 4.58. The van der Waals surface area contributed by atoms with Crippen LogP contribution in [0.5, 0.6) is 5.75 Å². The summed E-state index contributed by atoms with van der Waals surface area (Å²) in [6, 6.07) is 9.47. The number of nitrogens with zero attached hydrogens (tertiary/aromatic N) is 4. The highest BCUT2D eigenvalue weighted by Gasteiger charge is 2.24. The predicted molar refractivity (Wildman–Crippen MR) is 93.1 cm³/mol. The summed E-state index contributed by atoms with van der Waals surface area (Å²) in [5, 5.41) is 13.0. The maximum atomic E-state index is 8.96. The molecule has 1 aromatic heterocycles. The fourth-order valence-electron chi connectivity index (χ4n) is 2.83. The van der Waals surface area contributed by atoms with Gasteiger partial charge in [0.25, 0.3) is 0 Å². The smallest absolute Gasteiger partial charge is 0.240 e. The van der Waals surface area contributed by atoms with Gasteiger partial charge in [0.05, 0.1) is 18.2 Å². The van der Waals surface area contributed by atoms with Crippen LogP contribution in [0.4, 0.5) is 0 Å². The van der Waals surface area contributed by atoms with Gasteiger partial charge in [-0.25, -0.2) is 0 Å². The van der Waals surface area contributed by atoms with Crippen LogP contribution in [0.1, 0.15) is 50.9 Å². The Hall–Kier alpha value is -2.39. The van der Waals surface area contributed by atoms with Gasteiger partial charge in [0, 0.05) is 18.5 Å². The number of hydrogen-bond acceptors (Lipinski definition) is 6. The number of likely N-dealkylation sites (tertiary alicyclic amines) is 1. The van der Waals surface area contributed by atoms with E-state index in [0.717, 1.165) is 37.5 Å². The average molecular weight is 340 g/mol. The second-order valence-corrected chi connectivity index (χ2v) is 7.49. The lowest BCUT2D eigenvalue weighted by atomic mass is 9.96. The Kier molecular flexibility index (Phi) is 5.05. The topological polar surface area (TPSA) is 75.2 Å². The van der Waals surface area contributed by atoms with E-state index < -0.39 is 0 Å². The molecule has 1 saturated heterocycles. The first kappa shape index (κ1) is 17.4. The van der Waals surface area contributed by atoms with Crippen molar-refractivity contribution in [2.24, 2.45) is 0 Å². The Morgan fingerprint density at radius 2 is 2.08 bits per heavy atom. The highest BCUT2D eigenvalue weighted by Crippen LogP contribution is 2.22. The lowest BCUT2D eigenvalue weighted by Crippen LogP contribution is -2.37. The molecule has 3 rings (SSSR count). The summed E-state index contributed by atoms with van der Waals surface area (Å²) in [6.45, 7) is 8.76. The largest absolute Gasteiger partial charge is 0.490 e. The predicted octanol–water partition coefficient (Wildman–Crippen LogP) is 3.28. The summed E-state index contributed by atoms with van der Waals surface area (Å²) in [4.78, 5) is 6.81. The van der Waals surface area contributed by atoms with E-state index in [1.807, 2.05) is 12.1 Å². The summed E-state index contributed by atoms with van der Waals surface area (Å²) in [6.07, 6.45) is 2.06. The van der Waals surface area contributed by atoms with Gasteiger partial charge in [-0.3, -0.25) is 4.90 Å². The van der Waals surface area contributed by atoms with Gasteiger partial charge in [0.15, 0.2) is 5.82 Å². The molecule has 6 nitrogen and oxygen atoms in total. The van der Waals surface area contributed by atoms with Crippen LogP contribution in [0.2, 0.25) is 0 Å². The van der Waals surface area contributed by atoms with Gasteiger partial charge >= 0.3 is 0 Å². The van der Waals surface area contributed by atoms with Gasteiger partial charge in [0.1, 0.15) is 11.9 Å². The molecule has 0 aliphatic carbocycles. The van der Waals surface area contributed by atoms with Gasteiger partial charge in [-0.05, 0) is 31.0 Å². The van der Waals surface area contributed by atoms with E-state index in [1.54, 1.807) is 12.1 Å². The van der Waals surface area contributed by atoms with Gasteiger partial charge < -0.3 is 9.26 Å². The number of aromatic nitrogens is 2. The molecule has 0 bridgehead atoms. The number of nitriles is 1. The molecule has 0 unspecified atom stereocenters. The number of ether oxygens (including phenoxy) is 1. The molecule has 0 saturated carbocycles. The molecule has 1 fully saturated rings. The SMILES string of the molecule is CC(C)(C)c1noc(CN2CCC(Oc3cccc(C#N)c3)CC2)n1. The zero-order valence-corrected chi connectivity index (χ0v) is 15.0. The van der Waals surface area contributed by atoms with Crippen molar-refractivity contribution in [3.05, 3.63) is 41.5 Å². The number of hydrogen-bond donors (Lipinski definition) is 0. The molecule has 0 spiro atoms. The molecule has 0 atom stereocenters. The summed E-state index contributed by atoms with van der Waals surface area (Å²) >= 11 is 0. The van der Waals surface area contributed by atoms with Crippen LogP contribution in [-0.2, 0) is 12.0 Å². The van der Waals surface area contributed by atoms with Crippen molar-refractivity contribution in [3.63, 3.8) is 0 Å². The number of piperidine rings is 1. The number of rotatable bonds is 4. The Morgan fingerprint density at radius 3 is 2.72 bits per heavy atom. The van der Waals surface area contributed by atoms with Gasteiger partial charge in [-0.15, -0.1) is 0 Å². The van der Waals surface area contributed by atoms with Crippen molar-refractivity contribution in [1.29, 1.82) is 5.26 Å². The third-order valence-electron chi connectivity index (χ3n) is 4.30. The Labute approximate surface area is 148 Å². The minimum absolute atomic E-state index is 0.0967. The maximum absolute atomic E-state index is 8.96. The van der Waals surface area contributed by atoms with E-state index in [0.29, 0.717) is 18.0 Å². The first-order valence-electron chi connectivity index (χ1n) is 8.66. The molecule has 0 N–H and O–H groups in total. The zero-order valence-electron chi connectivity index (χ0n) is 15.0. The molecular weight excluding hydrogens is 316 g/mol. The van der Waals surface area contributed by atoms with Crippen LogP contribution in [0.15, 0.2) is 28.8 Å². The van der Waals surface area contributed by atoms with Gasteiger partial charge in [0.2, 0.25) is 5.89 Å². The Balaban J connectivity index is 1.50. The van der Waals surface area contributed by atoms with Crippen molar-refractivity contribution >= 4 is 0 Å². The van der Waals surface area contributed by atoms with E-state index in [9.17, 15) is 0 Å². The van der Waals surface area contributed by atoms with E-state index >= 15 is 0 Å². The minimum atomic E-state index is -0.0967. The third-order valence-corrected chi connectivity index (χ3v) is 4.30. The van der Waals surface area contributed by atoms with Crippen molar-refractivity contribution in [2.75, 3.05) is 13.1 Å². The Bertz CT molecular complexity index is 749. The van der Waals surface area contributed by atoms with Crippen LogP contribution in [0.3, 0.4) is 0 Å². The summed E-state index contributed by atoms with van der Waals surface area (Å²) in [5.74, 6) is 2.19. The van der Waals surface area contributed by atoms with Crippen molar-refractivity contribution in [1.82, 2.24) is 15.0 Å². The van der Waals surface area contributed by atoms with Crippen LogP contribution >= 0.6 is 0 Å². The first-order valence-corrected chi connectivity index (χ1v) is 8.66. The van der Waals surface area contributed by atoms with Crippen molar-refractivity contribution < 1.29 is 9.26 Å². The standard InChI is InChI=1S/C19H24N4O2/c1-19(2,3)18-21-17(25-22-18)13-23-9-7-15(8-10-23)24-16-6-4-5-14(11-16)12-20/h4-6,11,15H,7-10,13H2,1-3H3. The fraction of sp³-hybridized carbons (Fsp3) is 0.526. The molecule has 1 aromatic carbocycles. The first-order chi connectivity index (χ1) is 11.9. The van der Waals surface area contributed by atoms with Gasteiger partial charge in [-0.2, -0.15) is 10.2 Å². The molecule has 1 aliphatic heterocycles. The van der Waals surface area contributed by atoms with E-state index in [4.69, 9.17) is 14.5 Å². The molecule has 25 heavy (non-hydrogen) atoms. The maximum Gasteiger partial charge on any atom is 0.240 e. The normalized spacial score (nSPS) is 16.6. The van der Waals surface area contributed by atoms with Crippen LogP contribution < -0.4 is 4.74 Å². The van der Waals surface area contributed by atoms with Crippen LogP contribution in [-0.4, -0.2) is 34.2 Å². The van der Waals surface area contributed by atoms with E-state index in [-0.39, 0.29) is 11.5 Å². The quantitative estimate of drug-likeness (QED) is 0.850. The zero-order chi connectivity index (χ0) is 17.9. The van der Waals surface area contributed by atoms with Crippen molar-refractivity contribution in [3.8, 4) is 11.8 Å². The Morgan fingerprint density at radius 1 is 1.32 bits per heavy atom. The van der Waals surface area contributed by atoms with E-state index in [2.05, 4.69) is 41.9 Å². The summed E-state index contributed by atoms with van der Waals surface area (Å²) in [5.41, 5.74) is 0.529. The lowest BCUT2D eigenvalue weighted by Gasteiger charge is -2.31. The van der Waals surface area contributed by atoms with Crippen LogP contribution in [0.25, 0.3) is 0 Å². The molecule has 1 aliphatic rings. The second kappa shape index (κ2) is 7.24. The number of benzene rings is 1. The lowest BCUT2D eigenvalue weighted by molar-refractivity contribution is 0.0904. The van der Waals surface area contributed by atoms with Crippen molar-refractivity contribution in [2.45, 2.75) is 51.7 Å². The molecule has 0 amide bonds. The molecule has 0 radical (unpaired) electrons. The highest BCUT2D eigenvalue weighted by molar-refractivity contribution is 5.36. The second-order valence-electron chi connectivity index (χ2n) is 7.49. The highest BCUT2D eigenvalue weighted by atomic mass is 16.5. The monoisotopic (exact) mass is 340 g/mol. The molecular formula is C19H24N4O2.